The second kappa shape index (κ2) is 4.65. The summed E-state index contributed by atoms with van der Waals surface area (Å²) in [5.74, 6) is -0.469. The number of nitrogen functional groups attached to an aromatic ring is 1. The van der Waals surface area contributed by atoms with Gasteiger partial charge >= 0.3 is 5.97 Å². The number of nitrogens with two attached hydrogens (primary N) is 1. The normalized spacial score (nSPS) is 10.2. The Labute approximate surface area is 97.4 Å². The Morgan fingerprint density at radius 3 is 3.06 bits per heavy atom. The number of carbonyl (C=O) groups excluding carboxylic acids is 1. The third-order valence-corrected chi connectivity index (χ3v) is 2.18. The molecule has 6 nitrogen and oxygen atoms in total. The molecule has 2 aromatic rings. The summed E-state index contributed by atoms with van der Waals surface area (Å²) in [6.45, 7) is 1.83. The summed E-state index contributed by atoms with van der Waals surface area (Å²) in [5.41, 5.74) is 7.61. The van der Waals surface area contributed by atoms with Gasteiger partial charge in [0.2, 0.25) is 0 Å². The summed E-state index contributed by atoms with van der Waals surface area (Å²) in [5, 5.41) is 3.51. The summed E-state index contributed by atoms with van der Waals surface area (Å²) in [6, 6.07) is 1.54. The highest BCUT2D eigenvalue weighted by Crippen LogP contribution is 2.12. The molecule has 0 saturated carbocycles. The number of rotatable bonds is 3. The van der Waals surface area contributed by atoms with Crippen molar-refractivity contribution in [1.82, 2.24) is 10.1 Å². The van der Waals surface area contributed by atoms with Gasteiger partial charge in [0.25, 0.3) is 0 Å². The zero-order valence-electron chi connectivity index (χ0n) is 9.21. The summed E-state index contributed by atoms with van der Waals surface area (Å²) >= 11 is 0. The topological polar surface area (TPSA) is 91.2 Å². The molecule has 0 saturated heterocycles. The van der Waals surface area contributed by atoms with Crippen LogP contribution in [0.15, 0.2) is 29.2 Å². The van der Waals surface area contributed by atoms with Crippen LogP contribution in [0.25, 0.3) is 0 Å². The van der Waals surface area contributed by atoms with E-state index in [1.54, 1.807) is 6.92 Å². The van der Waals surface area contributed by atoms with Crippen molar-refractivity contribution in [3.8, 4) is 0 Å². The van der Waals surface area contributed by atoms with Gasteiger partial charge in [-0.05, 0) is 13.0 Å². The fraction of sp³-hybridized carbons (Fsp3) is 0.182. The lowest BCUT2D eigenvalue weighted by atomic mass is 10.2. The zero-order chi connectivity index (χ0) is 12.3. The van der Waals surface area contributed by atoms with Crippen molar-refractivity contribution in [1.29, 1.82) is 0 Å². The van der Waals surface area contributed by atoms with E-state index in [2.05, 4.69) is 14.7 Å². The average Bonchev–Trinajstić information content (AvgIpc) is 2.82. The van der Waals surface area contributed by atoms with Crippen molar-refractivity contribution >= 4 is 11.7 Å². The van der Waals surface area contributed by atoms with Crippen LogP contribution in [0.4, 0.5) is 5.69 Å². The number of aryl methyl sites for hydroxylation is 1. The van der Waals surface area contributed by atoms with E-state index in [4.69, 9.17) is 10.5 Å². The van der Waals surface area contributed by atoms with Crippen LogP contribution >= 0.6 is 0 Å². The number of hydrogen-bond acceptors (Lipinski definition) is 6. The van der Waals surface area contributed by atoms with E-state index in [-0.39, 0.29) is 6.61 Å². The van der Waals surface area contributed by atoms with Gasteiger partial charge in [-0.2, -0.15) is 0 Å². The van der Waals surface area contributed by atoms with Crippen molar-refractivity contribution in [3.05, 3.63) is 41.5 Å². The summed E-state index contributed by atoms with van der Waals surface area (Å²) < 4.78 is 9.70. The fourth-order valence-electron chi connectivity index (χ4n) is 1.28. The monoisotopic (exact) mass is 233 g/mol. The molecule has 0 atom stereocenters. The molecule has 0 aliphatic rings. The lowest BCUT2D eigenvalue weighted by Crippen LogP contribution is -2.08. The highest BCUT2D eigenvalue weighted by Gasteiger charge is 2.12. The third kappa shape index (κ3) is 2.60. The van der Waals surface area contributed by atoms with E-state index in [1.165, 1.54) is 24.7 Å². The molecule has 0 bridgehead atoms. The van der Waals surface area contributed by atoms with E-state index >= 15 is 0 Å². The van der Waals surface area contributed by atoms with Gasteiger partial charge in [0.15, 0.2) is 0 Å². The minimum atomic E-state index is -0.469. The molecule has 0 fully saturated rings. The minimum Gasteiger partial charge on any atom is -0.457 e. The average molecular weight is 233 g/mol. The van der Waals surface area contributed by atoms with Gasteiger partial charge in [-0.15, -0.1) is 0 Å². The molecule has 2 rings (SSSR count). The van der Waals surface area contributed by atoms with Gasteiger partial charge in [-0.3, -0.25) is 4.98 Å². The van der Waals surface area contributed by atoms with Crippen LogP contribution in [0.5, 0.6) is 0 Å². The highest BCUT2D eigenvalue weighted by atomic mass is 16.5. The first-order valence-corrected chi connectivity index (χ1v) is 4.94. The van der Waals surface area contributed by atoms with Crippen molar-refractivity contribution in [2.24, 2.45) is 0 Å². The van der Waals surface area contributed by atoms with E-state index in [0.717, 1.165) is 0 Å². The molecule has 0 radical (unpaired) electrons. The van der Waals surface area contributed by atoms with Crippen LogP contribution in [-0.4, -0.2) is 16.1 Å². The van der Waals surface area contributed by atoms with Gasteiger partial charge in [-0.1, -0.05) is 5.16 Å². The number of esters is 1. The van der Waals surface area contributed by atoms with E-state index < -0.39 is 5.97 Å². The Morgan fingerprint density at radius 1 is 1.53 bits per heavy atom. The standard InChI is InChI=1S/C11H11N3O3/c1-7-10(2-9(12)4-13-7)11(15)16-5-8-3-14-17-6-8/h2-4,6H,5,12H2,1H3. The maximum absolute atomic E-state index is 11.7. The SMILES string of the molecule is Cc1ncc(N)cc1C(=O)OCc1cnoc1. The molecule has 6 heteroatoms. The van der Waals surface area contributed by atoms with Crippen molar-refractivity contribution in [3.63, 3.8) is 0 Å². The van der Waals surface area contributed by atoms with Gasteiger partial charge < -0.3 is 15.0 Å². The Hall–Kier alpha value is -2.37. The molecular weight excluding hydrogens is 222 g/mol. The maximum Gasteiger partial charge on any atom is 0.340 e. The molecule has 0 unspecified atom stereocenters. The quantitative estimate of drug-likeness (QED) is 0.804. The molecular formula is C11H11N3O3. The molecule has 2 heterocycles. The minimum absolute atomic E-state index is 0.108. The number of pyridine rings is 1. The summed E-state index contributed by atoms with van der Waals surface area (Å²) in [4.78, 5) is 15.7. The number of nitrogens with zero attached hydrogens (tertiary/aromatic N) is 2. The Kier molecular flexibility index (Phi) is 3.04. The number of anilines is 1. The Bertz CT molecular complexity index is 523. The van der Waals surface area contributed by atoms with Crippen LogP contribution in [0.1, 0.15) is 21.6 Å². The van der Waals surface area contributed by atoms with Crippen molar-refractivity contribution in [2.75, 3.05) is 5.73 Å². The molecule has 0 aliphatic carbocycles. The van der Waals surface area contributed by atoms with E-state index in [1.807, 2.05) is 0 Å². The van der Waals surface area contributed by atoms with E-state index in [0.29, 0.717) is 22.5 Å². The number of ether oxygens (including phenoxy) is 1. The largest absolute Gasteiger partial charge is 0.457 e. The summed E-state index contributed by atoms with van der Waals surface area (Å²) in [7, 11) is 0. The van der Waals surface area contributed by atoms with E-state index in [9.17, 15) is 4.79 Å². The molecule has 0 aliphatic heterocycles. The second-order valence-corrected chi connectivity index (χ2v) is 3.51. The summed E-state index contributed by atoms with van der Waals surface area (Å²) in [6.07, 6.45) is 4.39. The predicted molar refractivity (Wildman–Crippen MR) is 59.0 cm³/mol. The van der Waals surface area contributed by atoms with Crippen LogP contribution in [0, 0.1) is 6.92 Å². The van der Waals surface area contributed by atoms with Crippen molar-refractivity contribution in [2.45, 2.75) is 13.5 Å². The lowest BCUT2D eigenvalue weighted by Gasteiger charge is -2.05. The fourth-order valence-corrected chi connectivity index (χ4v) is 1.28. The third-order valence-electron chi connectivity index (χ3n) is 2.18. The molecule has 0 spiro atoms. The number of aromatic nitrogens is 2. The zero-order valence-corrected chi connectivity index (χ0v) is 9.21. The lowest BCUT2D eigenvalue weighted by molar-refractivity contribution is 0.0471. The van der Waals surface area contributed by atoms with Gasteiger partial charge in [0.05, 0.1) is 29.3 Å². The molecule has 17 heavy (non-hydrogen) atoms. The number of hydrogen-bond donors (Lipinski definition) is 1. The van der Waals surface area contributed by atoms with Crippen LogP contribution in [0.3, 0.4) is 0 Å². The highest BCUT2D eigenvalue weighted by molar-refractivity contribution is 5.91. The molecule has 2 N–H and O–H groups in total. The second-order valence-electron chi connectivity index (χ2n) is 3.51. The van der Waals surface area contributed by atoms with Crippen LogP contribution in [0.2, 0.25) is 0 Å². The van der Waals surface area contributed by atoms with Gasteiger partial charge in [0.1, 0.15) is 12.9 Å². The number of carbonyl (C=O) groups is 1. The first-order chi connectivity index (χ1) is 8.16. The van der Waals surface area contributed by atoms with Crippen molar-refractivity contribution < 1.29 is 14.1 Å². The first-order valence-electron chi connectivity index (χ1n) is 4.94. The first kappa shape index (κ1) is 11.1. The molecule has 88 valence electrons. The van der Waals surface area contributed by atoms with Gasteiger partial charge in [-0.25, -0.2) is 4.79 Å². The Morgan fingerprint density at radius 2 is 2.35 bits per heavy atom. The smallest absolute Gasteiger partial charge is 0.340 e. The molecule has 2 aromatic heterocycles. The Balaban J connectivity index is 2.07. The molecule has 0 aromatic carbocycles. The maximum atomic E-state index is 11.7. The predicted octanol–water partition coefficient (Wildman–Crippen LogP) is 1.32. The van der Waals surface area contributed by atoms with Gasteiger partial charge in [0, 0.05) is 5.56 Å². The van der Waals surface area contributed by atoms with Crippen LogP contribution < -0.4 is 5.73 Å². The van der Waals surface area contributed by atoms with Crippen LogP contribution in [-0.2, 0) is 11.3 Å². The molecule has 0 amide bonds.